The third-order valence-corrected chi connectivity index (χ3v) is 7.54. The second-order valence-electron chi connectivity index (χ2n) is 11.2. The van der Waals surface area contributed by atoms with Crippen LogP contribution in [0.2, 0.25) is 0 Å². The molecule has 0 aliphatic carbocycles. The highest BCUT2D eigenvalue weighted by atomic mass is 16.1. The van der Waals surface area contributed by atoms with E-state index in [1.807, 2.05) is 51.2 Å². The molecule has 2 aromatic heterocycles. The van der Waals surface area contributed by atoms with Crippen LogP contribution in [0.25, 0.3) is 11.1 Å². The molecule has 0 bridgehead atoms. The molecule has 0 saturated carbocycles. The molecule has 1 saturated heterocycles. The standard InChI is InChI=1S/C32H44N8O2/c1-5-6-23-15-22(4)38-32(42)28(23)20-36-31(41)26-16-25(17-29(27(26)18-34)37-21(2)3)24-7-8-30(35-19-24)40-13-11-39(10-9-33)12-14-40/h7-8,15-19,21,34,37H,5-6,9-14,20,33H2,1-4H3,(H,36,41)(H,38,42). The fraction of sp³-hybridized carbons (Fsp3) is 0.438. The zero-order valence-corrected chi connectivity index (χ0v) is 25.2. The summed E-state index contributed by atoms with van der Waals surface area (Å²) < 4.78 is 0. The minimum atomic E-state index is -0.343. The first-order valence-electron chi connectivity index (χ1n) is 14.8. The molecule has 1 amide bonds. The van der Waals surface area contributed by atoms with Gasteiger partial charge in [-0.2, -0.15) is 0 Å². The summed E-state index contributed by atoms with van der Waals surface area (Å²) in [5.74, 6) is 0.580. The number of anilines is 2. The van der Waals surface area contributed by atoms with Gasteiger partial charge in [0.25, 0.3) is 11.5 Å². The lowest BCUT2D eigenvalue weighted by Gasteiger charge is -2.35. The van der Waals surface area contributed by atoms with Crippen LogP contribution in [-0.4, -0.2) is 72.3 Å². The van der Waals surface area contributed by atoms with Crippen LogP contribution in [0.5, 0.6) is 0 Å². The summed E-state index contributed by atoms with van der Waals surface area (Å²) >= 11 is 0. The predicted molar refractivity (Wildman–Crippen MR) is 171 cm³/mol. The Morgan fingerprint density at radius 3 is 2.55 bits per heavy atom. The summed E-state index contributed by atoms with van der Waals surface area (Å²) in [4.78, 5) is 38.6. The highest BCUT2D eigenvalue weighted by Gasteiger charge is 2.20. The first-order valence-corrected chi connectivity index (χ1v) is 14.8. The van der Waals surface area contributed by atoms with Crippen molar-refractivity contribution in [1.29, 1.82) is 5.41 Å². The Kier molecular flexibility index (Phi) is 10.5. The molecule has 0 atom stereocenters. The normalized spacial score (nSPS) is 13.8. The number of aryl methyl sites for hydroxylation is 2. The van der Waals surface area contributed by atoms with E-state index in [-0.39, 0.29) is 24.1 Å². The van der Waals surface area contributed by atoms with Crippen molar-refractivity contribution in [2.75, 3.05) is 49.5 Å². The van der Waals surface area contributed by atoms with Crippen molar-refractivity contribution in [1.82, 2.24) is 20.2 Å². The Labute approximate surface area is 248 Å². The first kappa shape index (κ1) is 30.9. The fourth-order valence-electron chi connectivity index (χ4n) is 5.46. The molecule has 10 nitrogen and oxygen atoms in total. The van der Waals surface area contributed by atoms with Gasteiger partial charge in [0.2, 0.25) is 0 Å². The topological polar surface area (TPSA) is 143 Å². The van der Waals surface area contributed by atoms with Crippen LogP contribution in [0.4, 0.5) is 11.5 Å². The Balaban J connectivity index is 1.61. The quantitative estimate of drug-likeness (QED) is 0.209. The highest BCUT2D eigenvalue weighted by Crippen LogP contribution is 2.30. The van der Waals surface area contributed by atoms with Crippen molar-refractivity contribution >= 4 is 23.6 Å². The summed E-state index contributed by atoms with van der Waals surface area (Å²) in [6.07, 6.45) is 4.69. The lowest BCUT2D eigenvalue weighted by molar-refractivity contribution is 0.0950. The second-order valence-corrected chi connectivity index (χ2v) is 11.2. The molecule has 3 heterocycles. The molecule has 1 fully saturated rings. The molecule has 224 valence electrons. The molecule has 1 aliphatic heterocycles. The van der Waals surface area contributed by atoms with E-state index < -0.39 is 0 Å². The van der Waals surface area contributed by atoms with E-state index in [1.165, 1.54) is 6.21 Å². The van der Waals surface area contributed by atoms with E-state index in [2.05, 4.69) is 32.3 Å². The number of amides is 1. The molecule has 4 rings (SSSR count). The molecule has 0 unspecified atom stereocenters. The van der Waals surface area contributed by atoms with Crippen LogP contribution >= 0.6 is 0 Å². The van der Waals surface area contributed by atoms with Crippen LogP contribution in [0.15, 0.2) is 41.3 Å². The number of rotatable bonds is 12. The smallest absolute Gasteiger partial charge is 0.253 e. The van der Waals surface area contributed by atoms with Crippen molar-refractivity contribution in [2.45, 2.75) is 53.1 Å². The number of benzene rings is 1. The molecule has 10 heteroatoms. The summed E-state index contributed by atoms with van der Waals surface area (Å²) in [5, 5.41) is 14.5. The molecule has 3 aromatic rings. The number of hydrogen-bond acceptors (Lipinski definition) is 8. The van der Waals surface area contributed by atoms with Gasteiger partial charge in [0.1, 0.15) is 5.82 Å². The molecule has 6 N–H and O–H groups in total. The Morgan fingerprint density at radius 1 is 1.17 bits per heavy atom. The maximum atomic E-state index is 13.6. The number of carbonyl (C=O) groups is 1. The minimum absolute atomic E-state index is 0.0935. The van der Waals surface area contributed by atoms with Crippen molar-refractivity contribution in [2.24, 2.45) is 5.73 Å². The van der Waals surface area contributed by atoms with E-state index >= 15 is 0 Å². The first-order chi connectivity index (χ1) is 20.2. The number of hydrogen-bond donors (Lipinski definition) is 5. The minimum Gasteiger partial charge on any atom is -0.382 e. The van der Waals surface area contributed by atoms with E-state index in [4.69, 9.17) is 16.1 Å². The summed E-state index contributed by atoms with van der Waals surface area (Å²) in [5.41, 5.74) is 11.1. The zero-order valence-electron chi connectivity index (χ0n) is 25.2. The van der Waals surface area contributed by atoms with Gasteiger partial charge in [0, 0.05) is 92.3 Å². The largest absolute Gasteiger partial charge is 0.382 e. The van der Waals surface area contributed by atoms with Crippen molar-refractivity contribution in [3.63, 3.8) is 0 Å². The van der Waals surface area contributed by atoms with Gasteiger partial charge in [-0.3, -0.25) is 14.5 Å². The van der Waals surface area contributed by atoms with Gasteiger partial charge in [-0.25, -0.2) is 4.98 Å². The van der Waals surface area contributed by atoms with Gasteiger partial charge in [0.05, 0.1) is 5.56 Å². The maximum absolute atomic E-state index is 13.6. The third kappa shape index (κ3) is 7.43. The lowest BCUT2D eigenvalue weighted by Crippen LogP contribution is -2.48. The number of pyridine rings is 2. The SMILES string of the molecule is CCCc1cc(C)[nH]c(=O)c1CNC(=O)c1cc(-c2ccc(N3CCN(CCN)CC3)nc2)cc(NC(C)C)c1C=N. The third-order valence-electron chi connectivity index (χ3n) is 7.54. The summed E-state index contributed by atoms with van der Waals surface area (Å²) in [6.45, 7) is 13.4. The van der Waals surface area contributed by atoms with Gasteiger partial charge in [-0.1, -0.05) is 13.3 Å². The maximum Gasteiger partial charge on any atom is 0.253 e. The Hall–Kier alpha value is -4.02. The lowest BCUT2D eigenvalue weighted by atomic mass is 9.97. The monoisotopic (exact) mass is 572 g/mol. The van der Waals surface area contributed by atoms with E-state index in [0.717, 1.165) is 73.8 Å². The van der Waals surface area contributed by atoms with Crippen LogP contribution in [0, 0.1) is 12.3 Å². The van der Waals surface area contributed by atoms with Crippen molar-refractivity contribution in [3.8, 4) is 11.1 Å². The van der Waals surface area contributed by atoms with Gasteiger partial charge >= 0.3 is 0 Å². The molecule has 1 aliphatic rings. The summed E-state index contributed by atoms with van der Waals surface area (Å²) in [7, 11) is 0. The van der Waals surface area contributed by atoms with Gasteiger partial charge in [0.15, 0.2) is 0 Å². The number of carbonyl (C=O) groups excluding carboxylic acids is 1. The number of aromatic amines is 1. The van der Waals surface area contributed by atoms with Crippen molar-refractivity contribution < 1.29 is 4.79 Å². The number of H-pyrrole nitrogens is 1. The van der Waals surface area contributed by atoms with Gasteiger partial charge < -0.3 is 31.7 Å². The Bertz CT molecular complexity index is 1440. The fourth-order valence-corrected chi connectivity index (χ4v) is 5.46. The van der Waals surface area contributed by atoms with Gasteiger partial charge in [-0.05, 0) is 68.7 Å². The molecule has 1 aromatic carbocycles. The van der Waals surface area contributed by atoms with E-state index in [1.54, 1.807) is 6.07 Å². The Morgan fingerprint density at radius 2 is 1.93 bits per heavy atom. The van der Waals surface area contributed by atoms with Crippen LogP contribution in [0.1, 0.15) is 59.9 Å². The van der Waals surface area contributed by atoms with Crippen LogP contribution in [-0.2, 0) is 13.0 Å². The number of aromatic nitrogens is 2. The molecule has 42 heavy (non-hydrogen) atoms. The molecular weight excluding hydrogens is 528 g/mol. The van der Waals surface area contributed by atoms with Crippen LogP contribution < -0.4 is 26.8 Å². The molecular formula is C32H44N8O2. The summed E-state index contributed by atoms with van der Waals surface area (Å²) in [6, 6.07) is 9.87. The zero-order chi connectivity index (χ0) is 30.2. The van der Waals surface area contributed by atoms with Gasteiger partial charge in [-0.15, -0.1) is 0 Å². The predicted octanol–water partition coefficient (Wildman–Crippen LogP) is 3.53. The number of nitrogens with one attached hydrogen (secondary N) is 4. The number of piperazine rings is 1. The van der Waals surface area contributed by atoms with Crippen molar-refractivity contribution in [3.05, 3.63) is 74.8 Å². The molecule has 0 spiro atoms. The second kappa shape index (κ2) is 14.2. The molecule has 0 radical (unpaired) electrons. The highest BCUT2D eigenvalue weighted by molar-refractivity contribution is 6.06. The van der Waals surface area contributed by atoms with E-state index in [0.29, 0.717) is 28.9 Å². The average Bonchev–Trinajstić information content (AvgIpc) is 2.96. The average molecular weight is 573 g/mol. The number of nitrogens with zero attached hydrogens (tertiary/aromatic N) is 3. The van der Waals surface area contributed by atoms with E-state index in [9.17, 15) is 9.59 Å². The van der Waals surface area contributed by atoms with Crippen LogP contribution in [0.3, 0.4) is 0 Å². The number of nitrogens with two attached hydrogens (primary N) is 1.